The van der Waals surface area contributed by atoms with Crippen molar-refractivity contribution in [3.05, 3.63) is 78.2 Å². The van der Waals surface area contributed by atoms with E-state index in [1.165, 1.54) is 11.9 Å². The van der Waals surface area contributed by atoms with Gasteiger partial charge in [-0.25, -0.2) is 9.97 Å². The molecule has 142 valence electrons. The Morgan fingerprint density at radius 2 is 2.04 bits per heavy atom. The zero-order valence-corrected chi connectivity index (χ0v) is 15.6. The fourth-order valence-electron chi connectivity index (χ4n) is 3.08. The number of nitrogens with zero attached hydrogens (tertiary/aromatic N) is 4. The number of aryl methyl sites for hydroxylation is 2. The number of nitrogens with one attached hydrogen (secondary N) is 1. The summed E-state index contributed by atoms with van der Waals surface area (Å²) in [5.74, 6) is 0.527. The van der Waals surface area contributed by atoms with Crippen molar-refractivity contribution >= 4 is 17.0 Å². The zero-order valence-electron chi connectivity index (χ0n) is 15.6. The van der Waals surface area contributed by atoms with Crippen molar-refractivity contribution in [2.75, 3.05) is 0 Å². The summed E-state index contributed by atoms with van der Waals surface area (Å²) in [6.07, 6.45) is 4.68. The van der Waals surface area contributed by atoms with E-state index in [1.807, 2.05) is 25.1 Å². The number of aromatic nitrogens is 4. The molecule has 1 N–H and O–H groups in total. The predicted octanol–water partition coefficient (Wildman–Crippen LogP) is 3.02. The van der Waals surface area contributed by atoms with Gasteiger partial charge in [0.25, 0.3) is 5.91 Å². The third-order valence-electron chi connectivity index (χ3n) is 4.47. The summed E-state index contributed by atoms with van der Waals surface area (Å²) in [6.45, 7) is 2.48. The smallest absolute Gasteiger partial charge is 0.251 e. The second-order valence-electron chi connectivity index (χ2n) is 6.77. The monoisotopic (exact) mass is 375 g/mol. The summed E-state index contributed by atoms with van der Waals surface area (Å²) < 4.78 is 7.50. The van der Waals surface area contributed by atoms with Crippen LogP contribution in [0.3, 0.4) is 0 Å². The number of carbonyl (C=O) groups is 1. The van der Waals surface area contributed by atoms with E-state index in [0.29, 0.717) is 29.1 Å². The number of fused-ring (bicyclic) bond motifs is 1. The highest BCUT2D eigenvalue weighted by Gasteiger charge is 2.13. The Balaban J connectivity index is 1.41. The van der Waals surface area contributed by atoms with Gasteiger partial charge in [-0.3, -0.25) is 9.48 Å². The van der Waals surface area contributed by atoms with Crippen LogP contribution in [0.25, 0.3) is 11.1 Å². The molecule has 7 nitrogen and oxygen atoms in total. The first-order valence-electron chi connectivity index (χ1n) is 9.24. The Hall–Kier alpha value is -3.48. The van der Waals surface area contributed by atoms with Crippen molar-refractivity contribution in [3.63, 3.8) is 0 Å². The maximum Gasteiger partial charge on any atom is 0.251 e. The molecule has 4 rings (SSSR count). The first-order valence-corrected chi connectivity index (χ1v) is 9.24. The molecular weight excluding hydrogens is 354 g/mol. The standard InChI is InChI=1S/C21H21N5O2/c1-15(12-26-14-22-13-23-26)24-21(27)17-8-9-19-18(11-17)25-20(28-19)10-7-16-5-3-2-4-6-16/h2-6,8-9,11,13-15H,7,10,12H2,1H3,(H,24,27)/t15-/m0/s1. The minimum absolute atomic E-state index is 0.0800. The molecule has 0 aliphatic heterocycles. The predicted molar refractivity (Wildman–Crippen MR) is 105 cm³/mol. The summed E-state index contributed by atoms with van der Waals surface area (Å²) in [5.41, 5.74) is 3.18. The largest absolute Gasteiger partial charge is 0.441 e. The van der Waals surface area contributed by atoms with Gasteiger partial charge in [-0.2, -0.15) is 5.10 Å². The minimum Gasteiger partial charge on any atom is -0.441 e. The van der Waals surface area contributed by atoms with Crippen LogP contribution in [0.1, 0.15) is 28.7 Å². The molecule has 0 aliphatic rings. The van der Waals surface area contributed by atoms with E-state index in [2.05, 4.69) is 32.5 Å². The number of hydrogen-bond acceptors (Lipinski definition) is 5. The quantitative estimate of drug-likeness (QED) is 0.537. The van der Waals surface area contributed by atoms with Crippen molar-refractivity contribution in [2.24, 2.45) is 0 Å². The van der Waals surface area contributed by atoms with Gasteiger partial charge < -0.3 is 9.73 Å². The summed E-state index contributed by atoms with van der Waals surface area (Å²) >= 11 is 0. The average Bonchev–Trinajstić information content (AvgIpc) is 3.35. The molecule has 2 aromatic carbocycles. The average molecular weight is 375 g/mol. The third kappa shape index (κ3) is 4.25. The molecular formula is C21H21N5O2. The number of carbonyl (C=O) groups excluding carboxylic acids is 1. The van der Waals surface area contributed by atoms with E-state index in [4.69, 9.17) is 4.42 Å². The summed E-state index contributed by atoms with van der Waals surface area (Å²) in [7, 11) is 0. The van der Waals surface area contributed by atoms with Crippen molar-refractivity contribution in [3.8, 4) is 0 Å². The van der Waals surface area contributed by atoms with Gasteiger partial charge >= 0.3 is 0 Å². The van der Waals surface area contributed by atoms with Crippen LogP contribution in [0.2, 0.25) is 0 Å². The molecule has 1 atom stereocenters. The molecule has 4 aromatic rings. The molecule has 0 fully saturated rings. The third-order valence-corrected chi connectivity index (χ3v) is 4.47. The van der Waals surface area contributed by atoms with Crippen LogP contribution >= 0.6 is 0 Å². The van der Waals surface area contributed by atoms with Crippen molar-refractivity contribution in [2.45, 2.75) is 32.4 Å². The molecule has 0 aliphatic carbocycles. The first kappa shape index (κ1) is 17.9. The highest BCUT2D eigenvalue weighted by Crippen LogP contribution is 2.19. The number of oxazole rings is 1. The molecule has 0 radical (unpaired) electrons. The minimum atomic E-state index is -0.150. The van der Waals surface area contributed by atoms with Gasteiger partial charge in [0.2, 0.25) is 0 Å². The van der Waals surface area contributed by atoms with E-state index < -0.39 is 0 Å². The topological polar surface area (TPSA) is 85.8 Å². The molecule has 28 heavy (non-hydrogen) atoms. The number of hydrogen-bond donors (Lipinski definition) is 1. The van der Waals surface area contributed by atoms with Gasteiger partial charge in [-0.1, -0.05) is 30.3 Å². The summed E-state index contributed by atoms with van der Waals surface area (Å²) in [5, 5.41) is 7.02. The van der Waals surface area contributed by atoms with Gasteiger partial charge in [0.15, 0.2) is 11.5 Å². The van der Waals surface area contributed by atoms with E-state index in [0.717, 1.165) is 12.8 Å². The van der Waals surface area contributed by atoms with Crippen molar-refractivity contribution < 1.29 is 9.21 Å². The lowest BCUT2D eigenvalue weighted by Gasteiger charge is -2.13. The Morgan fingerprint density at radius 1 is 1.18 bits per heavy atom. The van der Waals surface area contributed by atoms with Gasteiger partial charge in [0, 0.05) is 18.0 Å². The maximum atomic E-state index is 12.5. The Kier molecular flexibility index (Phi) is 5.14. The Labute approximate surface area is 162 Å². The molecule has 0 bridgehead atoms. The molecule has 0 saturated heterocycles. The Bertz CT molecular complexity index is 1060. The van der Waals surface area contributed by atoms with Gasteiger partial charge in [-0.15, -0.1) is 0 Å². The van der Waals surface area contributed by atoms with Crippen LogP contribution < -0.4 is 5.32 Å². The van der Waals surface area contributed by atoms with Crippen LogP contribution in [-0.4, -0.2) is 31.7 Å². The summed E-state index contributed by atoms with van der Waals surface area (Å²) in [6, 6.07) is 15.5. The normalized spacial score (nSPS) is 12.2. The molecule has 2 aromatic heterocycles. The van der Waals surface area contributed by atoms with Crippen LogP contribution in [0, 0.1) is 0 Å². The van der Waals surface area contributed by atoms with Gasteiger partial charge in [0.05, 0.1) is 6.54 Å². The number of rotatable bonds is 7. The summed E-state index contributed by atoms with van der Waals surface area (Å²) in [4.78, 5) is 21.0. The van der Waals surface area contributed by atoms with Gasteiger partial charge in [-0.05, 0) is 37.1 Å². The van der Waals surface area contributed by atoms with Crippen LogP contribution in [0.15, 0.2) is 65.6 Å². The van der Waals surface area contributed by atoms with E-state index in [1.54, 1.807) is 29.2 Å². The van der Waals surface area contributed by atoms with Gasteiger partial charge in [0.1, 0.15) is 18.2 Å². The second kappa shape index (κ2) is 8.04. The lowest BCUT2D eigenvalue weighted by Crippen LogP contribution is -2.35. The van der Waals surface area contributed by atoms with E-state index in [-0.39, 0.29) is 11.9 Å². The first-order chi connectivity index (χ1) is 13.7. The maximum absolute atomic E-state index is 12.5. The molecule has 0 unspecified atom stereocenters. The zero-order chi connectivity index (χ0) is 19.3. The highest BCUT2D eigenvalue weighted by molar-refractivity contribution is 5.97. The molecule has 7 heteroatoms. The Morgan fingerprint density at radius 3 is 2.82 bits per heavy atom. The number of amides is 1. The van der Waals surface area contributed by atoms with Crippen LogP contribution in [-0.2, 0) is 19.4 Å². The molecule has 0 saturated carbocycles. The van der Waals surface area contributed by atoms with Crippen molar-refractivity contribution in [1.82, 2.24) is 25.1 Å². The lowest BCUT2D eigenvalue weighted by molar-refractivity contribution is 0.0936. The van der Waals surface area contributed by atoms with E-state index in [9.17, 15) is 4.79 Å². The second-order valence-corrected chi connectivity index (χ2v) is 6.77. The fourth-order valence-corrected chi connectivity index (χ4v) is 3.08. The SMILES string of the molecule is C[C@@H](Cn1cncn1)NC(=O)c1ccc2oc(CCc3ccccc3)nc2c1. The highest BCUT2D eigenvalue weighted by atomic mass is 16.3. The van der Waals surface area contributed by atoms with Crippen LogP contribution in [0.4, 0.5) is 0 Å². The lowest BCUT2D eigenvalue weighted by atomic mass is 10.1. The molecule has 0 spiro atoms. The molecule has 2 heterocycles. The fraction of sp³-hybridized carbons (Fsp3) is 0.238. The van der Waals surface area contributed by atoms with Crippen molar-refractivity contribution in [1.29, 1.82) is 0 Å². The van der Waals surface area contributed by atoms with E-state index >= 15 is 0 Å². The molecule has 1 amide bonds. The van der Waals surface area contributed by atoms with Crippen LogP contribution in [0.5, 0.6) is 0 Å². The number of benzene rings is 2.